The first-order valence-electron chi connectivity index (χ1n) is 10.7. The normalized spacial score (nSPS) is 11.8. The van der Waals surface area contributed by atoms with E-state index in [0.717, 1.165) is 16.7 Å². The van der Waals surface area contributed by atoms with Crippen LogP contribution in [-0.2, 0) is 16.0 Å². The minimum absolute atomic E-state index is 0.0174. The molecule has 0 aliphatic heterocycles. The van der Waals surface area contributed by atoms with E-state index in [9.17, 15) is 9.59 Å². The summed E-state index contributed by atoms with van der Waals surface area (Å²) in [6.07, 6.45) is 1.23. The number of carbonyl (C=O) groups is 2. The molecule has 0 bridgehead atoms. The van der Waals surface area contributed by atoms with E-state index in [2.05, 4.69) is 5.32 Å². The second kappa shape index (κ2) is 11.4. The van der Waals surface area contributed by atoms with Crippen LogP contribution in [0.1, 0.15) is 43.9 Å². The van der Waals surface area contributed by atoms with Gasteiger partial charge in [0.25, 0.3) is 5.91 Å². The van der Waals surface area contributed by atoms with E-state index in [4.69, 9.17) is 4.74 Å². The van der Waals surface area contributed by atoms with Crippen molar-refractivity contribution in [1.82, 2.24) is 10.2 Å². The number of ether oxygens (including phenoxy) is 1. The van der Waals surface area contributed by atoms with Gasteiger partial charge in [-0.3, -0.25) is 9.59 Å². The zero-order valence-corrected chi connectivity index (χ0v) is 18.8. The van der Waals surface area contributed by atoms with E-state index in [-0.39, 0.29) is 24.5 Å². The Balaban J connectivity index is 2.16. The third kappa shape index (κ3) is 6.61. The van der Waals surface area contributed by atoms with Gasteiger partial charge in [-0.25, -0.2) is 0 Å². The molecule has 0 radical (unpaired) electrons. The van der Waals surface area contributed by atoms with Crippen LogP contribution in [0.4, 0.5) is 0 Å². The highest BCUT2D eigenvalue weighted by Gasteiger charge is 2.29. The maximum Gasteiger partial charge on any atom is 0.261 e. The fraction of sp³-hybridized carbons (Fsp3) is 0.440. The Morgan fingerprint density at radius 3 is 2.37 bits per heavy atom. The Bertz CT molecular complexity index is 834. The summed E-state index contributed by atoms with van der Waals surface area (Å²) >= 11 is 0. The zero-order chi connectivity index (χ0) is 22.1. The first-order valence-corrected chi connectivity index (χ1v) is 10.7. The minimum Gasteiger partial charge on any atom is -0.483 e. The van der Waals surface area contributed by atoms with Crippen LogP contribution in [-0.4, -0.2) is 41.9 Å². The number of benzene rings is 2. The standard InChI is InChI=1S/C25H34N2O3/c1-6-22(25(29)26-18(2)3)27(16-15-21-12-8-7-9-13-21)24(28)17-30-23-14-10-11-19(4)20(23)5/h7-14,18,22H,6,15-17H2,1-5H3,(H,26,29). The average molecular weight is 411 g/mol. The van der Waals surface area contributed by atoms with Crippen LogP contribution in [0.15, 0.2) is 48.5 Å². The molecule has 162 valence electrons. The van der Waals surface area contributed by atoms with Crippen molar-refractivity contribution in [3.63, 3.8) is 0 Å². The SMILES string of the molecule is CCC(C(=O)NC(C)C)N(CCc1ccccc1)C(=O)COc1cccc(C)c1C. The third-order valence-electron chi connectivity index (χ3n) is 5.21. The van der Waals surface area contributed by atoms with Gasteiger partial charge in [-0.15, -0.1) is 0 Å². The minimum atomic E-state index is -0.522. The lowest BCUT2D eigenvalue weighted by atomic mass is 10.1. The fourth-order valence-electron chi connectivity index (χ4n) is 3.38. The predicted octanol–water partition coefficient (Wildman–Crippen LogP) is 4.06. The van der Waals surface area contributed by atoms with E-state index >= 15 is 0 Å². The highest BCUT2D eigenvalue weighted by atomic mass is 16.5. The first-order chi connectivity index (χ1) is 14.3. The molecule has 0 aromatic heterocycles. The van der Waals surface area contributed by atoms with Crippen molar-refractivity contribution in [2.24, 2.45) is 0 Å². The van der Waals surface area contributed by atoms with Crippen molar-refractivity contribution in [3.05, 3.63) is 65.2 Å². The van der Waals surface area contributed by atoms with E-state index in [1.54, 1.807) is 4.90 Å². The molecule has 0 aliphatic carbocycles. The van der Waals surface area contributed by atoms with Gasteiger partial charge in [0.15, 0.2) is 6.61 Å². The number of aryl methyl sites for hydroxylation is 1. The summed E-state index contributed by atoms with van der Waals surface area (Å²) in [5.74, 6) is 0.393. The summed E-state index contributed by atoms with van der Waals surface area (Å²) in [5, 5.41) is 2.94. The van der Waals surface area contributed by atoms with Crippen molar-refractivity contribution in [3.8, 4) is 5.75 Å². The highest BCUT2D eigenvalue weighted by Crippen LogP contribution is 2.21. The highest BCUT2D eigenvalue weighted by molar-refractivity contribution is 5.88. The van der Waals surface area contributed by atoms with Crippen LogP contribution in [0.25, 0.3) is 0 Å². The molecule has 0 saturated carbocycles. The number of nitrogens with zero attached hydrogens (tertiary/aromatic N) is 1. The van der Waals surface area contributed by atoms with Crippen molar-refractivity contribution in [2.45, 2.75) is 59.5 Å². The first kappa shape index (κ1) is 23.5. The molecular formula is C25H34N2O3. The molecule has 1 unspecified atom stereocenters. The second-order valence-electron chi connectivity index (χ2n) is 7.90. The molecule has 2 aromatic carbocycles. The molecule has 2 amide bonds. The number of hydrogen-bond acceptors (Lipinski definition) is 3. The van der Waals surface area contributed by atoms with Gasteiger partial charge in [0.05, 0.1) is 0 Å². The lowest BCUT2D eigenvalue weighted by Gasteiger charge is -2.31. The fourth-order valence-corrected chi connectivity index (χ4v) is 3.38. The smallest absolute Gasteiger partial charge is 0.261 e. The van der Waals surface area contributed by atoms with Gasteiger partial charge in [0.1, 0.15) is 11.8 Å². The van der Waals surface area contributed by atoms with Gasteiger partial charge in [0, 0.05) is 12.6 Å². The summed E-state index contributed by atoms with van der Waals surface area (Å²) in [6, 6.07) is 15.3. The van der Waals surface area contributed by atoms with Gasteiger partial charge >= 0.3 is 0 Å². The lowest BCUT2D eigenvalue weighted by molar-refractivity contribution is -0.142. The Hall–Kier alpha value is -2.82. The molecule has 2 rings (SSSR count). The molecule has 0 saturated heterocycles. The molecule has 5 nitrogen and oxygen atoms in total. The number of amides is 2. The van der Waals surface area contributed by atoms with Crippen LogP contribution in [0.5, 0.6) is 5.75 Å². The van der Waals surface area contributed by atoms with Gasteiger partial charge in [-0.2, -0.15) is 0 Å². The van der Waals surface area contributed by atoms with E-state index in [1.807, 2.05) is 83.1 Å². The summed E-state index contributed by atoms with van der Waals surface area (Å²) in [6.45, 7) is 10.1. The number of hydrogen-bond donors (Lipinski definition) is 1. The predicted molar refractivity (Wildman–Crippen MR) is 121 cm³/mol. The molecule has 2 aromatic rings. The summed E-state index contributed by atoms with van der Waals surface area (Å²) in [4.78, 5) is 27.6. The molecule has 1 atom stereocenters. The molecular weight excluding hydrogens is 376 g/mol. The molecule has 1 N–H and O–H groups in total. The van der Waals surface area contributed by atoms with Gasteiger partial charge in [-0.1, -0.05) is 49.4 Å². The van der Waals surface area contributed by atoms with Crippen LogP contribution in [0.2, 0.25) is 0 Å². The zero-order valence-electron chi connectivity index (χ0n) is 18.8. The molecule has 30 heavy (non-hydrogen) atoms. The maximum atomic E-state index is 13.1. The quantitative estimate of drug-likeness (QED) is 0.643. The Kier molecular flexibility index (Phi) is 8.90. The van der Waals surface area contributed by atoms with Gasteiger partial charge in [0.2, 0.25) is 5.91 Å². The average Bonchev–Trinajstić information content (AvgIpc) is 2.72. The largest absolute Gasteiger partial charge is 0.483 e. The Morgan fingerprint density at radius 2 is 1.73 bits per heavy atom. The molecule has 5 heteroatoms. The Labute approximate surface area is 180 Å². The molecule has 0 aliphatic rings. The van der Waals surface area contributed by atoms with Crippen LogP contribution in [0.3, 0.4) is 0 Å². The van der Waals surface area contributed by atoms with Crippen molar-refractivity contribution in [2.75, 3.05) is 13.2 Å². The molecule has 0 heterocycles. The summed E-state index contributed by atoms with van der Waals surface area (Å²) in [7, 11) is 0. The molecule has 0 fully saturated rings. The monoisotopic (exact) mass is 410 g/mol. The van der Waals surface area contributed by atoms with E-state index in [0.29, 0.717) is 25.1 Å². The molecule has 0 spiro atoms. The summed E-state index contributed by atoms with van der Waals surface area (Å²) in [5.41, 5.74) is 3.26. The van der Waals surface area contributed by atoms with Gasteiger partial charge < -0.3 is 15.0 Å². The van der Waals surface area contributed by atoms with Crippen molar-refractivity contribution >= 4 is 11.8 Å². The maximum absolute atomic E-state index is 13.1. The lowest BCUT2D eigenvalue weighted by Crippen LogP contribution is -2.52. The Morgan fingerprint density at radius 1 is 1.03 bits per heavy atom. The third-order valence-corrected chi connectivity index (χ3v) is 5.21. The van der Waals surface area contributed by atoms with Crippen LogP contribution < -0.4 is 10.1 Å². The van der Waals surface area contributed by atoms with Crippen LogP contribution in [0, 0.1) is 13.8 Å². The van der Waals surface area contributed by atoms with Crippen molar-refractivity contribution < 1.29 is 14.3 Å². The number of nitrogens with one attached hydrogen (secondary N) is 1. The van der Waals surface area contributed by atoms with E-state index < -0.39 is 6.04 Å². The summed E-state index contributed by atoms with van der Waals surface area (Å²) < 4.78 is 5.85. The topological polar surface area (TPSA) is 58.6 Å². The second-order valence-corrected chi connectivity index (χ2v) is 7.90. The van der Waals surface area contributed by atoms with E-state index in [1.165, 1.54) is 0 Å². The number of carbonyl (C=O) groups excluding carboxylic acids is 2. The van der Waals surface area contributed by atoms with Gasteiger partial charge in [-0.05, 0) is 63.3 Å². The van der Waals surface area contributed by atoms with Crippen molar-refractivity contribution in [1.29, 1.82) is 0 Å². The van der Waals surface area contributed by atoms with Crippen LogP contribution >= 0.6 is 0 Å². The number of rotatable bonds is 10.